The first-order chi connectivity index (χ1) is 8.51. The minimum atomic E-state index is 0.654. The second kappa shape index (κ2) is 7.54. The number of nitrogens with zero attached hydrogens (tertiary/aromatic N) is 3. The van der Waals surface area contributed by atoms with Crippen molar-refractivity contribution in [2.75, 3.05) is 20.1 Å². The maximum Gasteiger partial charge on any atom is 0.0534 e. The first-order valence-electron chi connectivity index (χ1n) is 6.87. The van der Waals surface area contributed by atoms with Crippen LogP contribution in [0.25, 0.3) is 0 Å². The van der Waals surface area contributed by atoms with Crippen molar-refractivity contribution >= 4 is 0 Å². The summed E-state index contributed by atoms with van der Waals surface area (Å²) in [5.74, 6) is 1.39. The Balaban J connectivity index is 2.29. The number of hydrogen-bond donors (Lipinski definition) is 1. The number of aromatic nitrogens is 2. The van der Waals surface area contributed by atoms with Crippen LogP contribution in [0.2, 0.25) is 0 Å². The maximum absolute atomic E-state index is 5.83. The highest BCUT2D eigenvalue weighted by atomic mass is 15.2. The number of aryl methyl sites for hydroxylation is 1. The van der Waals surface area contributed by atoms with E-state index in [2.05, 4.69) is 37.1 Å². The third-order valence-electron chi connectivity index (χ3n) is 3.27. The van der Waals surface area contributed by atoms with Gasteiger partial charge in [0.25, 0.3) is 0 Å². The SMILES string of the molecule is CC(C)CC(CN)CCN(C)Cc1cnn(C)c1. The summed E-state index contributed by atoms with van der Waals surface area (Å²) in [6.45, 7) is 7.40. The molecule has 1 aromatic rings. The van der Waals surface area contributed by atoms with Gasteiger partial charge in [0.2, 0.25) is 0 Å². The second-order valence-corrected chi connectivity index (χ2v) is 5.78. The van der Waals surface area contributed by atoms with E-state index < -0.39 is 0 Å². The van der Waals surface area contributed by atoms with Crippen LogP contribution in [0.1, 0.15) is 32.3 Å². The van der Waals surface area contributed by atoms with Crippen molar-refractivity contribution in [2.24, 2.45) is 24.6 Å². The van der Waals surface area contributed by atoms with Crippen LogP contribution in [-0.2, 0) is 13.6 Å². The monoisotopic (exact) mass is 252 g/mol. The highest BCUT2D eigenvalue weighted by molar-refractivity contribution is 5.02. The molecule has 0 saturated heterocycles. The highest BCUT2D eigenvalue weighted by Gasteiger charge is 2.10. The summed E-state index contributed by atoms with van der Waals surface area (Å²) in [6, 6.07) is 0. The van der Waals surface area contributed by atoms with E-state index in [0.29, 0.717) is 5.92 Å². The van der Waals surface area contributed by atoms with Gasteiger partial charge in [0.15, 0.2) is 0 Å². The Labute approximate surface area is 111 Å². The Morgan fingerprint density at radius 1 is 1.44 bits per heavy atom. The van der Waals surface area contributed by atoms with Crippen molar-refractivity contribution in [1.29, 1.82) is 0 Å². The van der Waals surface area contributed by atoms with Crippen molar-refractivity contribution in [2.45, 2.75) is 33.2 Å². The van der Waals surface area contributed by atoms with E-state index in [1.54, 1.807) is 0 Å². The molecule has 0 aliphatic rings. The molecule has 4 nitrogen and oxygen atoms in total. The van der Waals surface area contributed by atoms with E-state index in [-0.39, 0.29) is 0 Å². The van der Waals surface area contributed by atoms with Gasteiger partial charge in [-0.25, -0.2) is 0 Å². The number of rotatable bonds is 8. The van der Waals surface area contributed by atoms with Gasteiger partial charge in [-0.1, -0.05) is 13.8 Å². The first kappa shape index (κ1) is 15.2. The predicted molar refractivity (Wildman–Crippen MR) is 76.2 cm³/mol. The van der Waals surface area contributed by atoms with Crippen LogP contribution in [0, 0.1) is 11.8 Å². The Hall–Kier alpha value is -0.870. The first-order valence-corrected chi connectivity index (χ1v) is 6.87. The molecule has 0 amide bonds. The summed E-state index contributed by atoms with van der Waals surface area (Å²) in [6.07, 6.45) is 6.43. The van der Waals surface area contributed by atoms with Gasteiger partial charge in [-0.15, -0.1) is 0 Å². The Kier molecular flexibility index (Phi) is 6.36. The number of hydrogen-bond acceptors (Lipinski definition) is 3. The van der Waals surface area contributed by atoms with Crippen molar-refractivity contribution < 1.29 is 0 Å². The van der Waals surface area contributed by atoms with Gasteiger partial charge in [-0.3, -0.25) is 4.68 Å². The Bertz CT molecular complexity index is 332. The molecule has 0 radical (unpaired) electrons. The van der Waals surface area contributed by atoms with Crippen LogP contribution >= 0.6 is 0 Å². The quantitative estimate of drug-likeness (QED) is 0.768. The summed E-state index contributed by atoms with van der Waals surface area (Å²) < 4.78 is 1.85. The van der Waals surface area contributed by atoms with E-state index in [4.69, 9.17) is 5.73 Å². The minimum absolute atomic E-state index is 0.654. The fourth-order valence-electron chi connectivity index (χ4n) is 2.35. The second-order valence-electron chi connectivity index (χ2n) is 5.78. The lowest BCUT2D eigenvalue weighted by molar-refractivity contribution is 0.278. The van der Waals surface area contributed by atoms with Crippen molar-refractivity contribution in [3.05, 3.63) is 18.0 Å². The summed E-state index contributed by atoms with van der Waals surface area (Å²) in [4.78, 5) is 2.35. The molecule has 0 spiro atoms. The standard InChI is InChI=1S/C14H28N4/c1-12(2)7-13(8-15)5-6-17(3)10-14-9-16-18(4)11-14/h9,11-13H,5-8,10,15H2,1-4H3. The molecule has 104 valence electrons. The van der Waals surface area contributed by atoms with E-state index in [1.165, 1.54) is 18.4 Å². The smallest absolute Gasteiger partial charge is 0.0534 e. The molecule has 0 fully saturated rings. The lowest BCUT2D eigenvalue weighted by Crippen LogP contribution is -2.25. The third kappa shape index (κ3) is 5.65. The molecule has 0 aliphatic carbocycles. The van der Waals surface area contributed by atoms with Gasteiger partial charge < -0.3 is 10.6 Å². The fraction of sp³-hybridized carbons (Fsp3) is 0.786. The molecule has 1 atom stereocenters. The van der Waals surface area contributed by atoms with Crippen molar-refractivity contribution in [3.63, 3.8) is 0 Å². The summed E-state index contributed by atoms with van der Waals surface area (Å²) in [5.41, 5.74) is 7.10. The van der Waals surface area contributed by atoms with Gasteiger partial charge in [0.1, 0.15) is 0 Å². The topological polar surface area (TPSA) is 47.1 Å². The van der Waals surface area contributed by atoms with Crippen LogP contribution < -0.4 is 5.73 Å². The van der Waals surface area contributed by atoms with E-state index >= 15 is 0 Å². The van der Waals surface area contributed by atoms with E-state index in [9.17, 15) is 0 Å². The average Bonchev–Trinajstić information content (AvgIpc) is 2.69. The average molecular weight is 252 g/mol. The maximum atomic E-state index is 5.83. The van der Waals surface area contributed by atoms with Crippen LogP contribution in [0.4, 0.5) is 0 Å². The summed E-state index contributed by atoms with van der Waals surface area (Å²) >= 11 is 0. The normalized spacial score (nSPS) is 13.5. The van der Waals surface area contributed by atoms with Gasteiger partial charge in [-0.2, -0.15) is 5.10 Å². The zero-order valence-corrected chi connectivity index (χ0v) is 12.3. The molecule has 1 unspecified atom stereocenters. The fourth-order valence-corrected chi connectivity index (χ4v) is 2.35. The molecule has 0 aromatic carbocycles. The lowest BCUT2D eigenvalue weighted by Gasteiger charge is -2.21. The molecule has 2 N–H and O–H groups in total. The van der Waals surface area contributed by atoms with Crippen LogP contribution in [0.15, 0.2) is 12.4 Å². The van der Waals surface area contributed by atoms with Crippen LogP contribution in [-0.4, -0.2) is 34.8 Å². The lowest BCUT2D eigenvalue weighted by atomic mass is 9.94. The molecular formula is C14H28N4. The van der Waals surface area contributed by atoms with Gasteiger partial charge in [0.05, 0.1) is 6.20 Å². The van der Waals surface area contributed by atoms with E-state index in [0.717, 1.165) is 25.6 Å². The summed E-state index contributed by atoms with van der Waals surface area (Å²) in [7, 11) is 4.12. The minimum Gasteiger partial charge on any atom is -0.330 e. The van der Waals surface area contributed by atoms with Crippen LogP contribution in [0.5, 0.6) is 0 Å². The van der Waals surface area contributed by atoms with Gasteiger partial charge in [0, 0.05) is 25.4 Å². The Morgan fingerprint density at radius 2 is 2.17 bits per heavy atom. The molecule has 1 aromatic heterocycles. The summed E-state index contributed by atoms with van der Waals surface area (Å²) in [5, 5.41) is 4.19. The van der Waals surface area contributed by atoms with Crippen molar-refractivity contribution in [1.82, 2.24) is 14.7 Å². The number of nitrogens with two attached hydrogens (primary N) is 1. The highest BCUT2D eigenvalue weighted by Crippen LogP contribution is 2.15. The molecule has 0 bridgehead atoms. The molecule has 0 aliphatic heterocycles. The van der Waals surface area contributed by atoms with Gasteiger partial charge >= 0.3 is 0 Å². The molecule has 4 heteroatoms. The molecule has 18 heavy (non-hydrogen) atoms. The Morgan fingerprint density at radius 3 is 2.67 bits per heavy atom. The zero-order valence-electron chi connectivity index (χ0n) is 12.3. The predicted octanol–water partition coefficient (Wildman–Crippen LogP) is 1.86. The third-order valence-corrected chi connectivity index (χ3v) is 3.27. The van der Waals surface area contributed by atoms with Crippen LogP contribution in [0.3, 0.4) is 0 Å². The largest absolute Gasteiger partial charge is 0.330 e. The van der Waals surface area contributed by atoms with Crippen molar-refractivity contribution in [3.8, 4) is 0 Å². The zero-order chi connectivity index (χ0) is 13.5. The van der Waals surface area contributed by atoms with E-state index in [1.807, 2.05) is 17.9 Å². The molecule has 1 heterocycles. The molecule has 0 saturated carbocycles. The molecule has 1 rings (SSSR count). The molecular weight excluding hydrogens is 224 g/mol. The van der Waals surface area contributed by atoms with Gasteiger partial charge in [-0.05, 0) is 44.8 Å².